The molecule has 2 aromatic carbocycles. The molecule has 3 rings (SSSR count). The second kappa shape index (κ2) is 9.54. The number of rotatable bonds is 8. The van der Waals surface area contributed by atoms with Gasteiger partial charge in [-0.15, -0.1) is 0 Å². The van der Waals surface area contributed by atoms with Crippen LogP contribution in [-0.4, -0.2) is 57.8 Å². The molecule has 0 aromatic heterocycles. The number of amides is 1. The van der Waals surface area contributed by atoms with Crippen LogP contribution >= 0.6 is 0 Å². The molecule has 2 aromatic rings. The van der Waals surface area contributed by atoms with Gasteiger partial charge in [0.1, 0.15) is 0 Å². The van der Waals surface area contributed by atoms with Gasteiger partial charge in [-0.25, -0.2) is 21.6 Å². The number of nitro groups is 1. The van der Waals surface area contributed by atoms with Crippen molar-refractivity contribution >= 4 is 43.1 Å². The molecule has 0 bridgehead atoms. The third kappa shape index (κ3) is 6.26. The number of ether oxygens (including phenoxy) is 1. The molecule has 1 heterocycles. The zero-order valence-corrected chi connectivity index (χ0v) is 18.6. The van der Waals surface area contributed by atoms with Crippen LogP contribution in [0.5, 0.6) is 0 Å². The number of nitro benzene ring substituents is 1. The third-order valence-electron chi connectivity index (χ3n) is 4.66. The van der Waals surface area contributed by atoms with Gasteiger partial charge < -0.3 is 10.1 Å². The molecule has 0 radical (unpaired) electrons. The third-order valence-corrected chi connectivity index (χ3v) is 7.79. The quantitative estimate of drug-likeness (QED) is 0.304. The Morgan fingerprint density at radius 3 is 2.55 bits per heavy atom. The molecule has 1 aliphatic heterocycles. The Labute approximate surface area is 189 Å². The van der Waals surface area contributed by atoms with Crippen molar-refractivity contribution in [3.05, 3.63) is 64.2 Å². The summed E-state index contributed by atoms with van der Waals surface area (Å²) in [7, 11) is -7.48. The molecule has 0 aliphatic carbocycles. The number of nitrogens with one attached hydrogen (secondary N) is 2. The van der Waals surface area contributed by atoms with E-state index in [9.17, 15) is 36.5 Å². The molecule has 1 aliphatic rings. The number of carbonyl (C=O) groups is 2. The minimum absolute atomic E-state index is 0.0319. The van der Waals surface area contributed by atoms with Crippen molar-refractivity contribution in [2.75, 3.05) is 22.8 Å². The highest BCUT2D eigenvalue weighted by Crippen LogP contribution is 2.23. The van der Waals surface area contributed by atoms with Gasteiger partial charge in [0.2, 0.25) is 0 Å². The average molecular weight is 498 g/mol. The van der Waals surface area contributed by atoms with E-state index in [-0.39, 0.29) is 34.1 Å². The first-order valence-electron chi connectivity index (χ1n) is 9.50. The topological polar surface area (TPSA) is 179 Å². The van der Waals surface area contributed by atoms with Crippen molar-refractivity contribution in [2.45, 2.75) is 17.4 Å². The molecule has 1 atom stereocenters. The van der Waals surface area contributed by atoms with Gasteiger partial charge in [0.15, 0.2) is 16.4 Å². The second-order valence-corrected chi connectivity index (χ2v) is 11.1. The Bertz CT molecular complexity index is 1310. The summed E-state index contributed by atoms with van der Waals surface area (Å²) in [5, 5.41) is 13.4. The number of hydrogen-bond acceptors (Lipinski definition) is 9. The molecule has 14 heteroatoms. The standard InChI is InChI=1S/C19H19N3O9S2/c23-18(20-13-8-9-32(27,28)12-13)11-31-19(24)16-6-1-2-7-17(16)21-33(29,30)15-5-3-4-14(10-15)22(25)26/h1-7,10,13,21H,8-9,11-12H2,(H,20,23). The molecule has 0 saturated carbocycles. The van der Waals surface area contributed by atoms with E-state index in [0.29, 0.717) is 0 Å². The second-order valence-electron chi connectivity index (χ2n) is 7.15. The van der Waals surface area contributed by atoms with Gasteiger partial charge in [0.05, 0.1) is 32.6 Å². The number of benzene rings is 2. The molecule has 1 fully saturated rings. The number of para-hydroxylation sites is 1. The lowest BCUT2D eigenvalue weighted by Crippen LogP contribution is -2.38. The molecule has 0 spiro atoms. The van der Waals surface area contributed by atoms with Crippen LogP contribution in [0.3, 0.4) is 0 Å². The maximum absolute atomic E-state index is 12.7. The van der Waals surface area contributed by atoms with E-state index in [1.165, 1.54) is 30.3 Å². The van der Waals surface area contributed by atoms with Crippen molar-refractivity contribution in [3.8, 4) is 0 Å². The first-order chi connectivity index (χ1) is 15.5. The van der Waals surface area contributed by atoms with Gasteiger partial charge in [-0.3, -0.25) is 19.6 Å². The Morgan fingerprint density at radius 1 is 1.15 bits per heavy atom. The Hall–Kier alpha value is -3.52. The monoisotopic (exact) mass is 497 g/mol. The van der Waals surface area contributed by atoms with E-state index in [1.54, 1.807) is 0 Å². The molecule has 2 N–H and O–H groups in total. The summed E-state index contributed by atoms with van der Waals surface area (Å²) >= 11 is 0. The molecular formula is C19H19N3O9S2. The van der Waals surface area contributed by atoms with E-state index < -0.39 is 55.0 Å². The predicted molar refractivity (Wildman–Crippen MR) is 116 cm³/mol. The zero-order chi connectivity index (χ0) is 24.2. The predicted octanol–water partition coefficient (Wildman–Crippen LogP) is 0.856. The van der Waals surface area contributed by atoms with Gasteiger partial charge in [-0.2, -0.15) is 0 Å². The number of hydrogen-bond donors (Lipinski definition) is 2. The fourth-order valence-corrected chi connectivity index (χ4v) is 5.90. The van der Waals surface area contributed by atoms with Gasteiger partial charge in [-0.05, 0) is 24.6 Å². The number of nitrogens with zero attached hydrogens (tertiary/aromatic N) is 1. The van der Waals surface area contributed by atoms with Crippen LogP contribution < -0.4 is 10.0 Å². The summed E-state index contributed by atoms with van der Waals surface area (Å²) in [5.74, 6) is -1.91. The van der Waals surface area contributed by atoms with Gasteiger partial charge >= 0.3 is 5.97 Å². The van der Waals surface area contributed by atoms with E-state index in [4.69, 9.17) is 4.74 Å². The largest absolute Gasteiger partial charge is 0.452 e. The summed E-state index contributed by atoms with van der Waals surface area (Å²) in [6.45, 7) is -0.693. The van der Waals surface area contributed by atoms with Crippen molar-refractivity contribution < 1.29 is 36.1 Å². The maximum Gasteiger partial charge on any atom is 0.340 e. The SMILES string of the molecule is O=C(COC(=O)c1ccccc1NS(=O)(=O)c1cccc([N+](=O)[O-])c1)NC1CCS(=O)(=O)C1. The Morgan fingerprint density at radius 2 is 1.88 bits per heavy atom. The van der Waals surface area contributed by atoms with Crippen LogP contribution in [0.15, 0.2) is 53.4 Å². The van der Waals surface area contributed by atoms with Gasteiger partial charge in [-0.1, -0.05) is 18.2 Å². The number of carbonyl (C=O) groups excluding carboxylic acids is 2. The molecule has 1 unspecified atom stereocenters. The van der Waals surface area contributed by atoms with Crippen LogP contribution in [0.1, 0.15) is 16.8 Å². The number of sulfonamides is 1. The van der Waals surface area contributed by atoms with E-state index in [2.05, 4.69) is 10.0 Å². The van der Waals surface area contributed by atoms with Crippen LogP contribution in [0.2, 0.25) is 0 Å². The zero-order valence-electron chi connectivity index (χ0n) is 17.0. The van der Waals surface area contributed by atoms with Crippen LogP contribution in [0, 0.1) is 10.1 Å². The maximum atomic E-state index is 12.7. The average Bonchev–Trinajstić information content (AvgIpc) is 3.10. The highest BCUT2D eigenvalue weighted by Gasteiger charge is 2.29. The molecule has 33 heavy (non-hydrogen) atoms. The first-order valence-corrected chi connectivity index (χ1v) is 12.8. The fraction of sp³-hybridized carbons (Fsp3) is 0.263. The fourth-order valence-electron chi connectivity index (χ4n) is 3.11. The Kier molecular flexibility index (Phi) is 6.98. The van der Waals surface area contributed by atoms with Crippen molar-refractivity contribution in [1.82, 2.24) is 5.32 Å². The van der Waals surface area contributed by atoms with E-state index >= 15 is 0 Å². The van der Waals surface area contributed by atoms with Crippen LogP contribution in [0.25, 0.3) is 0 Å². The highest BCUT2D eigenvalue weighted by molar-refractivity contribution is 7.92. The normalized spacial score (nSPS) is 17.2. The van der Waals surface area contributed by atoms with Crippen LogP contribution in [0.4, 0.5) is 11.4 Å². The smallest absolute Gasteiger partial charge is 0.340 e. The highest BCUT2D eigenvalue weighted by atomic mass is 32.2. The molecule has 1 saturated heterocycles. The molecule has 1 amide bonds. The summed E-state index contributed by atoms with van der Waals surface area (Å²) in [6, 6.07) is 9.28. The minimum Gasteiger partial charge on any atom is -0.452 e. The lowest BCUT2D eigenvalue weighted by atomic mass is 10.2. The first kappa shape index (κ1) is 24.1. The van der Waals surface area contributed by atoms with Crippen molar-refractivity contribution in [2.24, 2.45) is 0 Å². The number of sulfone groups is 1. The van der Waals surface area contributed by atoms with Crippen molar-refractivity contribution in [3.63, 3.8) is 0 Å². The summed E-state index contributed by atoms with van der Waals surface area (Å²) in [5.41, 5.74) is -0.773. The molecule has 12 nitrogen and oxygen atoms in total. The Balaban J connectivity index is 1.68. The minimum atomic E-state index is -4.28. The lowest BCUT2D eigenvalue weighted by molar-refractivity contribution is -0.385. The summed E-state index contributed by atoms with van der Waals surface area (Å²) in [4.78, 5) is 34.2. The van der Waals surface area contributed by atoms with Crippen molar-refractivity contribution in [1.29, 1.82) is 0 Å². The van der Waals surface area contributed by atoms with E-state index in [0.717, 1.165) is 18.2 Å². The number of non-ortho nitro benzene ring substituents is 1. The lowest BCUT2D eigenvalue weighted by Gasteiger charge is -2.13. The summed E-state index contributed by atoms with van der Waals surface area (Å²) in [6.07, 6.45) is 0.268. The number of esters is 1. The van der Waals surface area contributed by atoms with E-state index in [1.807, 2.05) is 0 Å². The summed E-state index contributed by atoms with van der Waals surface area (Å²) < 4.78 is 55.4. The van der Waals surface area contributed by atoms with Crippen LogP contribution in [-0.2, 0) is 29.4 Å². The van der Waals surface area contributed by atoms with Gasteiger partial charge in [0.25, 0.3) is 21.6 Å². The molecule has 176 valence electrons. The number of anilines is 1. The van der Waals surface area contributed by atoms with Gasteiger partial charge in [0, 0.05) is 18.2 Å². The molecular weight excluding hydrogens is 478 g/mol.